The molecule has 0 saturated heterocycles. The quantitative estimate of drug-likeness (QED) is 0.127. The minimum Gasteiger partial charge on any atom is -0.489 e. The number of anilines is 2. The largest absolute Gasteiger partial charge is 0.489 e. The van der Waals surface area contributed by atoms with Crippen LogP contribution in [0.25, 0.3) is 45.7 Å². The monoisotopic (exact) mass is 763 g/mol. The minimum atomic E-state index is -0.211. The molecule has 4 aromatic carbocycles. The fourth-order valence-corrected chi connectivity index (χ4v) is 5.37. The van der Waals surface area contributed by atoms with Crippen molar-refractivity contribution in [2.45, 2.75) is 39.9 Å². The Morgan fingerprint density at radius 2 is 1.09 bits per heavy atom. The summed E-state index contributed by atoms with van der Waals surface area (Å²) >= 11 is 12.5. The van der Waals surface area contributed by atoms with Crippen molar-refractivity contribution in [2.24, 2.45) is 0 Å². The number of halogens is 2. The van der Waals surface area contributed by atoms with Crippen molar-refractivity contribution in [1.29, 1.82) is 0 Å². The number of pyridine rings is 1. The molecule has 0 radical (unpaired) electrons. The Hall–Kier alpha value is -6.24. The normalized spacial score (nSPS) is 10.9. The predicted octanol–water partition coefficient (Wildman–Crippen LogP) is 9.92. The number of rotatable bonds is 10. The number of aromatic nitrogens is 5. The van der Waals surface area contributed by atoms with Gasteiger partial charge >= 0.3 is 0 Å². The number of hydrogen-bond donors (Lipinski definition) is 2. The lowest BCUT2D eigenvalue weighted by atomic mass is 10.2. The SMILES string of the molecule is CC(C)Oc1ccc(-c2noc(-c3ccc(N)cc3)n2)cc1Cl.CC(C)Oc1ccc(-c2noc(-c3ccc(NC(=O)c4ccncc4)cc3)n2)cc1Cl. The molecule has 0 bridgehead atoms. The van der Waals surface area contributed by atoms with Crippen LogP contribution in [-0.2, 0) is 0 Å². The zero-order chi connectivity index (χ0) is 38.2. The molecule has 0 aliphatic heterocycles. The average molecular weight is 765 g/mol. The van der Waals surface area contributed by atoms with Gasteiger partial charge in [0.1, 0.15) is 11.5 Å². The van der Waals surface area contributed by atoms with Gasteiger partial charge in [-0.25, -0.2) is 0 Å². The van der Waals surface area contributed by atoms with Crippen molar-refractivity contribution in [3.05, 3.63) is 125 Å². The van der Waals surface area contributed by atoms with Crippen LogP contribution < -0.4 is 20.5 Å². The maximum atomic E-state index is 12.2. The van der Waals surface area contributed by atoms with E-state index in [0.29, 0.717) is 61.9 Å². The highest BCUT2D eigenvalue weighted by Crippen LogP contribution is 2.32. The number of nitrogens with two attached hydrogens (primary N) is 1. The van der Waals surface area contributed by atoms with Gasteiger partial charge in [-0.05, 0) is 125 Å². The third kappa shape index (κ3) is 9.59. The second-order valence-electron chi connectivity index (χ2n) is 12.4. The van der Waals surface area contributed by atoms with E-state index in [1.54, 1.807) is 85.2 Å². The van der Waals surface area contributed by atoms with Gasteiger partial charge in [-0.2, -0.15) is 9.97 Å². The van der Waals surface area contributed by atoms with E-state index in [1.807, 2.05) is 52.0 Å². The number of carbonyl (C=O) groups excluding carboxylic acids is 1. The van der Waals surface area contributed by atoms with E-state index in [0.717, 1.165) is 22.3 Å². The van der Waals surface area contributed by atoms with Crippen LogP contribution in [0.4, 0.5) is 11.4 Å². The third-order valence-electron chi connectivity index (χ3n) is 7.45. The van der Waals surface area contributed by atoms with E-state index >= 15 is 0 Å². The topological polar surface area (TPSA) is 164 Å². The first-order valence-electron chi connectivity index (χ1n) is 16.8. The number of amides is 1. The fourth-order valence-electron chi connectivity index (χ4n) is 4.92. The summed E-state index contributed by atoms with van der Waals surface area (Å²) < 4.78 is 22.0. The number of ether oxygens (including phenoxy) is 2. The minimum absolute atomic E-state index is 0.0255. The van der Waals surface area contributed by atoms with Crippen LogP contribution in [-0.4, -0.2) is 43.4 Å². The second-order valence-corrected chi connectivity index (χ2v) is 13.2. The van der Waals surface area contributed by atoms with Gasteiger partial charge in [0, 0.05) is 51.6 Å². The molecule has 0 spiro atoms. The molecule has 0 atom stereocenters. The standard InChI is InChI=1S/C23H19ClN4O3.C17H16ClN3O2/c1-14(2)30-20-8-5-17(13-19(20)24)21-27-23(31-28-21)16-3-6-18(7-4-16)26-22(29)15-9-11-25-12-10-15;1-10(2)22-15-8-5-12(9-14(15)18)16-20-17(23-21-16)11-3-6-13(19)7-4-11/h3-14H,1-2H3,(H,26,29);3-10H,19H2,1-2H3. The maximum Gasteiger partial charge on any atom is 0.258 e. The second kappa shape index (κ2) is 17.1. The zero-order valence-corrected chi connectivity index (χ0v) is 31.2. The van der Waals surface area contributed by atoms with E-state index in [4.69, 9.17) is 47.5 Å². The Labute approximate surface area is 321 Å². The number of benzene rings is 4. The summed E-state index contributed by atoms with van der Waals surface area (Å²) in [4.78, 5) is 25.0. The van der Waals surface area contributed by atoms with Gasteiger partial charge < -0.3 is 29.6 Å². The summed E-state index contributed by atoms with van der Waals surface area (Å²) in [7, 11) is 0. The van der Waals surface area contributed by atoms with Crippen molar-refractivity contribution < 1.29 is 23.3 Å². The summed E-state index contributed by atoms with van der Waals surface area (Å²) in [6.07, 6.45) is 3.23. The number of carbonyl (C=O) groups is 1. The third-order valence-corrected chi connectivity index (χ3v) is 8.04. The number of hydrogen-bond acceptors (Lipinski definition) is 11. The van der Waals surface area contributed by atoms with Crippen LogP contribution in [0.15, 0.2) is 119 Å². The van der Waals surface area contributed by atoms with E-state index in [-0.39, 0.29) is 18.1 Å². The molecule has 3 aromatic heterocycles. The molecule has 12 nitrogen and oxygen atoms in total. The maximum absolute atomic E-state index is 12.2. The first-order chi connectivity index (χ1) is 26.0. The van der Waals surface area contributed by atoms with Crippen LogP contribution in [0.5, 0.6) is 11.5 Å². The smallest absolute Gasteiger partial charge is 0.258 e. The van der Waals surface area contributed by atoms with Gasteiger partial charge in [0.25, 0.3) is 17.7 Å². The summed E-state index contributed by atoms with van der Waals surface area (Å²) in [6.45, 7) is 7.77. The number of nitrogens with zero attached hydrogens (tertiary/aromatic N) is 5. The first-order valence-corrected chi connectivity index (χ1v) is 17.6. The molecule has 1 amide bonds. The molecule has 3 heterocycles. The molecule has 7 aromatic rings. The van der Waals surface area contributed by atoms with Crippen molar-refractivity contribution in [3.63, 3.8) is 0 Å². The molecule has 14 heteroatoms. The van der Waals surface area contributed by atoms with Crippen LogP contribution in [0.2, 0.25) is 10.0 Å². The van der Waals surface area contributed by atoms with E-state index in [9.17, 15) is 4.79 Å². The Kier molecular flexibility index (Phi) is 11.9. The van der Waals surface area contributed by atoms with E-state index < -0.39 is 0 Å². The summed E-state index contributed by atoms with van der Waals surface area (Å²) in [5.41, 5.74) is 10.6. The molecule has 3 N–H and O–H groups in total. The lowest BCUT2D eigenvalue weighted by Gasteiger charge is -2.11. The zero-order valence-electron chi connectivity index (χ0n) is 29.7. The number of nitrogens with one attached hydrogen (secondary N) is 1. The van der Waals surface area contributed by atoms with Crippen molar-refractivity contribution in [3.8, 4) is 57.2 Å². The van der Waals surface area contributed by atoms with Crippen molar-refractivity contribution in [1.82, 2.24) is 25.3 Å². The lowest BCUT2D eigenvalue weighted by molar-refractivity contribution is 0.102. The van der Waals surface area contributed by atoms with Crippen molar-refractivity contribution in [2.75, 3.05) is 11.1 Å². The summed E-state index contributed by atoms with van der Waals surface area (Å²) in [6, 6.07) is 28.4. The Morgan fingerprint density at radius 1 is 0.648 bits per heavy atom. The molecule has 54 heavy (non-hydrogen) atoms. The molecule has 0 unspecified atom stereocenters. The van der Waals surface area contributed by atoms with E-state index in [1.165, 1.54) is 0 Å². The Balaban J connectivity index is 0.000000193. The number of nitrogen functional groups attached to an aromatic ring is 1. The van der Waals surface area contributed by atoms with Crippen LogP contribution >= 0.6 is 23.2 Å². The molecule has 274 valence electrons. The summed E-state index contributed by atoms with van der Waals surface area (Å²) in [5, 5.41) is 11.9. The molecule has 0 aliphatic carbocycles. The van der Waals surface area contributed by atoms with Crippen molar-refractivity contribution >= 4 is 40.5 Å². The Bertz CT molecular complexity index is 2330. The van der Waals surface area contributed by atoms with Gasteiger partial charge in [-0.15, -0.1) is 0 Å². The van der Waals surface area contributed by atoms with Gasteiger partial charge in [-0.3, -0.25) is 9.78 Å². The lowest BCUT2D eigenvalue weighted by Crippen LogP contribution is -2.11. The average Bonchev–Trinajstić information content (AvgIpc) is 3.86. The highest BCUT2D eigenvalue weighted by molar-refractivity contribution is 6.32. The molecular weight excluding hydrogens is 729 g/mol. The highest BCUT2D eigenvalue weighted by Gasteiger charge is 2.15. The van der Waals surface area contributed by atoms with Gasteiger partial charge in [0.15, 0.2) is 0 Å². The van der Waals surface area contributed by atoms with Crippen LogP contribution in [0.3, 0.4) is 0 Å². The summed E-state index contributed by atoms with van der Waals surface area (Å²) in [5.74, 6) is 2.70. The Morgan fingerprint density at radius 3 is 1.54 bits per heavy atom. The van der Waals surface area contributed by atoms with Gasteiger partial charge in [-0.1, -0.05) is 33.5 Å². The van der Waals surface area contributed by atoms with Gasteiger partial charge in [0.05, 0.1) is 22.3 Å². The van der Waals surface area contributed by atoms with Gasteiger partial charge in [0.2, 0.25) is 11.6 Å². The molecule has 0 fully saturated rings. The molecular formula is C40H35Cl2N7O5. The first kappa shape index (κ1) is 37.5. The van der Waals surface area contributed by atoms with E-state index in [2.05, 4.69) is 30.6 Å². The molecule has 0 aliphatic rings. The molecule has 0 saturated carbocycles. The van der Waals surface area contributed by atoms with Crippen LogP contribution in [0, 0.1) is 0 Å². The fraction of sp³-hybridized carbons (Fsp3) is 0.150. The molecule has 7 rings (SSSR count). The van der Waals surface area contributed by atoms with Crippen LogP contribution in [0.1, 0.15) is 38.1 Å². The predicted molar refractivity (Wildman–Crippen MR) is 208 cm³/mol. The highest BCUT2D eigenvalue weighted by atomic mass is 35.5.